The summed E-state index contributed by atoms with van der Waals surface area (Å²) in [5.74, 6) is -0.0824. The van der Waals surface area contributed by atoms with Crippen molar-refractivity contribution in [2.24, 2.45) is 0 Å². The fourth-order valence-corrected chi connectivity index (χ4v) is 3.05. The molecule has 4 rings (SSSR count). The van der Waals surface area contributed by atoms with Gasteiger partial charge in [0.05, 0.1) is 11.4 Å². The Kier molecular flexibility index (Phi) is 3.30. The highest BCUT2D eigenvalue weighted by atomic mass is 19.1. The Morgan fingerprint density at radius 3 is 2.83 bits per heavy atom. The molecule has 0 saturated carbocycles. The van der Waals surface area contributed by atoms with Gasteiger partial charge in [-0.2, -0.15) is 0 Å². The lowest BCUT2D eigenvalue weighted by Crippen LogP contribution is -2.24. The van der Waals surface area contributed by atoms with Crippen LogP contribution in [0.1, 0.15) is 23.6 Å². The number of carbonyl (C=O) groups is 1. The summed E-state index contributed by atoms with van der Waals surface area (Å²) >= 11 is 0. The molecule has 0 fully saturated rings. The maximum Gasteiger partial charge on any atom is 0.226 e. The number of anilines is 1. The van der Waals surface area contributed by atoms with E-state index in [0.29, 0.717) is 17.2 Å². The number of imidazole rings is 1. The van der Waals surface area contributed by atoms with Crippen LogP contribution in [0.4, 0.5) is 10.2 Å². The second kappa shape index (κ2) is 5.49. The molecule has 0 aliphatic carbocycles. The van der Waals surface area contributed by atoms with Gasteiger partial charge < -0.3 is 10.4 Å². The SMILES string of the molecule is O=C1C[C@H](c2cccc(O)c2)c2ncn(-c3cccc(F)c3)c2N1. The van der Waals surface area contributed by atoms with Crippen LogP contribution in [0.25, 0.3) is 5.69 Å². The number of benzene rings is 2. The molecule has 1 aliphatic rings. The van der Waals surface area contributed by atoms with E-state index in [-0.39, 0.29) is 29.8 Å². The van der Waals surface area contributed by atoms with Gasteiger partial charge in [-0.3, -0.25) is 9.36 Å². The number of aromatic nitrogens is 2. The van der Waals surface area contributed by atoms with Crippen molar-refractivity contribution >= 4 is 11.7 Å². The molecule has 2 N–H and O–H groups in total. The number of phenols is 1. The maximum atomic E-state index is 13.5. The Balaban J connectivity index is 1.83. The second-order valence-electron chi connectivity index (χ2n) is 5.73. The normalized spacial score (nSPS) is 16.5. The molecular formula is C18H14FN3O2. The van der Waals surface area contributed by atoms with Crippen molar-refractivity contribution in [1.82, 2.24) is 9.55 Å². The van der Waals surface area contributed by atoms with Crippen LogP contribution in [0.5, 0.6) is 5.75 Å². The molecule has 2 aromatic carbocycles. The van der Waals surface area contributed by atoms with Crippen molar-refractivity contribution < 1.29 is 14.3 Å². The Bertz CT molecular complexity index is 936. The van der Waals surface area contributed by atoms with Crippen LogP contribution in [0.15, 0.2) is 54.9 Å². The van der Waals surface area contributed by atoms with Crippen molar-refractivity contribution in [3.8, 4) is 11.4 Å². The molecule has 24 heavy (non-hydrogen) atoms. The van der Waals surface area contributed by atoms with Crippen LogP contribution >= 0.6 is 0 Å². The molecule has 0 unspecified atom stereocenters. The molecule has 2 heterocycles. The van der Waals surface area contributed by atoms with Crippen LogP contribution in [0.3, 0.4) is 0 Å². The van der Waals surface area contributed by atoms with E-state index in [1.807, 2.05) is 6.07 Å². The van der Waals surface area contributed by atoms with E-state index in [1.165, 1.54) is 12.1 Å². The zero-order valence-corrected chi connectivity index (χ0v) is 12.6. The van der Waals surface area contributed by atoms with E-state index in [1.54, 1.807) is 41.2 Å². The smallest absolute Gasteiger partial charge is 0.226 e. The molecule has 0 spiro atoms. The van der Waals surface area contributed by atoms with Gasteiger partial charge in [-0.05, 0) is 35.9 Å². The third kappa shape index (κ3) is 2.42. The quantitative estimate of drug-likeness (QED) is 0.761. The van der Waals surface area contributed by atoms with E-state index in [2.05, 4.69) is 10.3 Å². The summed E-state index contributed by atoms with van der Waals surface area (Å²) in [5.41, 5.74) is 2.10. The average Bonchev–Trinajstić information content (AvgIpc) is 2.97. The summed E-state index contributed by atoms with van der Waals surface area (Å²) < 4.78 is 15.2. The van der Waals surface area contributed by atoms with Crippen LogP contribution in [-0.4, -0.2) is 20.6 Å². The van der Waals surface area contributed by atoms with Gasteiger partial charge in [-0.15, -0.1) is 0 Å². The number of phenolic OH excluding ortho intramolecular Hbond substituents is 1. The molecule has 5 nitrogen and oxygen atoms in total. The Labute approximate surface area is 137 Å². The zero-order chi connectivity index (χ0) is 16.7. The lowest BCUT2D eigenvalue weighted by Gasteiger charge is -2.23. The first-order valence-corrected chi connectivity index (χ1v) is 7.54. The van der Waals surface area contributed by atoms with Gasteiger partial charge in [0, 0.05) is 12.3 Å². The summed E-state index contributed by atoms with van der Waals surface area (Å²) in [7, 11) is 0. The largest absolute Gasteiger partial charge is 0.508 e. The minimum Gasteiger partial charge on any atom is -0.508 e. The van der Waals surface area contributed by atoms with Crippen LogP contribution in [-0.2, 0) is 4.79 Å². The Morgan fingerprint density at radius 1 is 1.21 bits per heavy atom. The van der Waals surface area contributed by atoms with Gasteiger partial charge in [0.2, 0.25) is 5.91 Å². The molecule has 3 aromatic rings. The number of hydrogen-bond acceptors (Lipinski definition) is 3. The van der Waals surface area contributed by atoms with Crippen LogP contribution in [0.2, 0.25) is 0 Å². The molecule has 0 bridgehead atoms. The van der Waals surface area contributed by atoms with Crippen molar-refractivity contribution in [3.05, 3.63) is 71.9 Å². The first kappa shape index (κ1) is 14.4. The molecular weight excluding hydrogens is 309 g/mol. The lowest BCUT2D eigenvalue weighted by atomic mass is 9.90. The maximum absolute atomic E-state index is 13.5. The summed E-state index contributed by atoms with van der Waals surface area (Å²) in [6, 6.07) is 12.9. The fourth-order valence-electron chi connectivity index (χ4n) is 3.05. The summed E-state index contributed by atoms with van der Waals surface area (Å²) in [4.78, 5) is 16.6. The molecule has 0 radical (unpaired) electrons. The highest BCUT2D eigenvalue weighted by molar-refractivity contribution is 5.94. The minimum atomic E-state index is -0.360. The topological polar surface area (TPSA) is 67.1 Å². The number of nitrogens with one attached hydrogen (secondary N) is 1. The van der Waals surface area contributed by atoms with Crippen LogP contribution < -0.4 is 5.32 Å². The van der Waals surface area contributed by atoms with Gasteiger partial charge in [-0.1, -0.05) is 18.2 Å². The molecule has 1 atom stereocenters. The Hall–Kier alpha value is -3.15. The first-order chi connectivity index (χ1) is 11.6. The zero-order valence-electron chi connectivity index (χ0n) is 12.6. The van der Waals surface area contributed by atoms with E-state index in [0.717, 1.165) is 5.56 Å². The minimum absolute atomic E-state index is 0.143. The van der Waals surface area contributed by atoms with E-state index in [4.69, 9.17) is 0 Å². The number of rotatable bonds is 2. The number of nitrogens with zero attached hydrogens (tertiary/aromatic N) is 2. The van der Waals surface area contributed by atoms with Gasteiger partial charge in [0.1, 0.15) is 23.7 Å². The average molecular weight is 323 g/mol. The molecule has 6 heteroatoms. The lowest BCUT2D eigenvalue weighted by molar-refractivity contribution is -0.116. The molecule has 1 amide bonds. The van der Waals surface area contributed by atoms with E-state index < -0.39 is 0 Å². The number of carbonyl (C=O) groups excluding carboxylic acids is 1. The number of amides is 1. The number of hydrogen-bond donors (Lipinski definition) is 2. The standard InChI is InChI=1S/C18H14FN3O2/c19-12-4-2-5-13(8-12)22-10-20-17-15(9-16(24)21-18(17)22)11-3-1-6-14(23)7-11/h1-8,10,15,23H,9H2,(H,21,24)/t15-/m1/s1. The van der Waals surface area contributed by atoms with E-state index >= 15 is 0 Å². The molecule has 1 aliphatic heterocycles. The predicted octanol–water partition coefficient (Wildman–Crippen LogP) is 3.19. The number of fused-ring (bicyclic) bond motifs is 1. The number of halogens is 1. The molecule has 120 valence electrons. The van der Waals surface area contributed by atoms with Crippen LogP contribution in [0, 0.1) is 5.82 Å². The molecule has 1 aromatic heterocycles. The van der Waals surface area contributed by atoms with Crippen molar-refractivity contribution in [2.45, 2.75) is 12.3 Å². The predicted molar refractivity (Wildman–Crippen MR) is 86.7 cm³/mol. The van der Waals surface area contributed by atoms with Gasteiger partial charge in [0.25, 0.3) is 0 Å². The summed E-state index contributed by atoms with van der Waals surface area (Å²) in [5, 5.41) is 12.5. The fraction of sp³-hybridized carbons (Fsp3) is 0.111. The molecule has 0 saturated heterocycles. The first-order valence-electron chi connectivity index (χ1n) is 7.54. The highest BCUT2D eigenvalue weighted by Crippen LogP contribution is 2.38. The Morgan fingerprint density at radius 2 is 2.04 bits per heavy atom. The third-order valence-corrected chi connectivity index (χ3v) is 4.13. The monoisotopic (exact) mass is 323 g/mol. The number of aromatic hydroxyl groups is 1. The third-order valence-electron chi connectivity index (χ3n) is 4.13. The van der Waals surface area contributed by atoms with E-state index in [9.17, 15) is 14.3 Å². The summed E-state index contributed by atoms with van der Waals surface area (Å²) in [6.07, 6.45) is 1.82. The van der Waals surface area contributed by atoms with Crippen molar-refractivity contribution in [1.29, 1.82) is 0 Å². The van der Waals surface area contributed by atoms with Gasteiger partial charge >= 0.3 is 0 Å². The van der Waals surface area contributed by atoms with Crippen molar-refractivity contribution in [2.75, 3.05) is 5.32 Å². The summed E-state index contributed by atoms with van der Waals surface area (Å²) in [6.45, 7) is 0. The highest BCUT2D eigenvalue weighted by Gasteiger charge is 2.31. The van der Waals surface area contributed by atoms with Gasteiger partial charge in [0.15, 0.2) is 0 Å². The van der Waals surface area contributed by atoms with Crippen molar-refractivity contribution in [3.63, 3.8) is 0 Å². The van der Waals surface area contributed by atoms with Gasteiger partial charge in [-0.25, -0.2) is 9.37 Å². The second-order valence-corrected chi connectivity index (χ2v) is 5.73.